The van der Waals surface area contributed by atoms with Gasteiger partial charge in [-0.1, -0.05) is 30.3 Å². The van der Waals surface area contributed by atoms with E-state index in [1.54, 1.807) is 0 Å². The standard InChI is InChI=1S/C21H24N2O2/c1-20(2,3)25-19(24)23-18-11-13-9-10-14(22)12-17(13)21(23,4)16-8-6-5-7-15(16)18/h5-10,12,18H,11,22H2,1-4H3/t18-,21-/m1/s1. The Kier molecular flexibility index (Phi) is 3.21. The van der Waals surface area contributed by atoms with E-state index in [1.807, 2.05) is 49.9 Å². The van der Waals surface area contributed by atoms with Crippen molar-refractivity contribution in [2.45, 2.75) is 51.3 Å². The predicted octanol–water partition coefficient (Wildman–Crippen LogP) is 4.38. The van der Waals surface area contributed by atoms with Gasteiger partial charge in [0.1, 0.15) is 5.60 Å². The highest BCUT2D eigenvalue weighted by Crippen LogP contribution is 2.56. The lowest BCUT2D eigenvalue weighted by Crippen LogP contribution is -2.50. The number of rotatable bonds is 0. The van der Waals surface area contributed by atoms with Gasteiger partial charge in [-0.3, -0.25) is 4.90 Å². The fourth-order valence-corrected chi connectivity index (χ4v) is 4.34. The van der Waals surface area contributed by atoms with Gasteiger partial charge in [0.2, 0.25) is 0 Å². The molecule has 25 heavy (non-hydrogen) atoms. The predicted molar refractivity (Wildman–Crippen MR) is 98.3 cm³/mol. The number of nitrogen functional groups attached to an aromatic ring is 1. The normalized spacial score (nSPS) is 23.8. The summed E-state index contributed by atoms with van der Waals surface area (Å²) in [5, 5.41) is 0. The van der Waals surface area contributed by atoms with Crippen molar-refractivity contribution in [3.8, 4) is 0 Å². The number of carbonyl (C=O) groups is 1. The number of hydrogen-bond donors (Lipinski definition) is 1. The van der Waals surface area contributed by atoms with Gasteiger partial charge in [-0.25, -0.2) is 4.79 Å². The summed E-state index contributed by atoms with van der Waals surface area (Å²) in [6.45, 7) is 7.81. The first-order valence-corrected chi connectivity index (χ1v) is 8.72. The van der Waals surface area contributed by atoms with E-state index in [0.29, 0.717) is 5.69 Å². The third-order valence-electron chi connectivity index (χ3n) is 5.30. The minimum absolute atomic E-state index is 0.00725. The molecule has 2 bridgehead atoms. The molecular weight excluding hydrogens is 312 g/mol. The number of ether oxygens (including phenoxy) is 1. The Morgan fingerprint density at radius 2 is 1.92 bits per heavy atom. The second kappa shape index (κ2) is 5.01. The van der Waals surface area contributed by atoms with Crippen molar-refractivity contribution in [2.75, 3.05) is 5.73 Å². The minimum Gasteiger partial charge on any atom is -0.444 e. The summed E-state index contributed by atoms with van der Waals surface area (Å²) in [4.78, 5) is 15.0. The molecule has 0 saturated carbocycles. The molecule has 2 aromatic carbocycles. The van der Waals surface area contributed by atoms with Crippen LogP contribution in [0.15, 0.2) is 42.5 Å². The summed E-state index contributed by atoms with van der Waals surface area (Å²) in [6, 6.07) is 14.3. The molecule has 2 N–H and O–H groups in total. The van der Waals surface area contributed by atoms with Crippen molar-refractivity contribution in [2.24, 2.45) is 0 Å². The number of nitrogens with two attached hydrogens (primary N) is 1. The van der Waals surface area contributed by atoms with Gasteiger partial charge >= 0.3 is 6.09 Å². The molecule has 0 spiro atoms. The van der Waals surface area contributed by atoms with Crippen molar-refractivity contribution >= 4 is 11.8 Å². The molecule has 0 saturated heterocycles. The van der Waals surface area contributed by atoms with Gasteiger partial charge < -0.3 is 10.5 Å². The maximum atomic E-state index is 13.1. The van der Waals surface area contributed by atoms with Crippen molar-refractivity contribution < 1.29 is 9.53 Å². The third-order valence-corrected chi connectivity index (χ3v) is 5.30. The maximum absolute atomic E-state index is 13.1. The van der Waals surface area contributed by atoms with Crippen molar-refractivity contribution in [1.82, 2.24) is 4.90 Å². The van der Waals surface area contributed by atoms with E-state index in [2.05, 4.69) is 25.1 Å². The number of nitrogens with zero attached hydrogens (tertiary/aromatic N) is 1. The second-order valence-electron chi connectivity index (χ2n) is 8.15. The van der Waals surface area contributed by atoms with Crippen LogP contribution in [0.5, 0.6) is 0 Å². The van der Waals surface area contributed by atoms with Gasteiger partial charge in [0.05, 0.1) is 11.6 Å². The first kappa shape index (κ1) is 16.0. The summed E-state index contributed by atoms with van der Waals surface area (Å²) in [6.07, 6.45) is 0.505. The quantitative estimate of drug-likeness (QED) is 0.726. The summed E-state index contributed by atoms with van der Waals surface area (Å²) < 4.78 is 5.76. The molecule has 0 radical (unpaired) electrons. The summed E-state index contributed by atoms with van der Waals surface area (Å²) in [5.74, 6) is 0. The van der Waals surface area contributed by atoms with Crippen molar-refractivity contribution in [3.63, 3.8) is 0 Å². The van der Waals surface area contributed by atoms with Crippen LogP contribution in [0.3, 0.4) is 0 Å². The molecule has 130 valence electrons. The van der Waals surface area contributed by atoms with E-state index >= 15 is 0 Å². The van der Waals surface area contributed by atoms with Crippen LogP contribution < -0.4 is 5.73 Å². The molecule has 2 aliphatic heterocycles. The van der Waals surface area contributed by atoms with E-state index < -0.39 is 11.1 Å². The topological polar surface area (TPSA) is 55.6 Å². The smallest absolute Gasteiger partial charge is 0.411 e. The Morgan fingerprint density at radius 1 is 1.20 bits per heavy atom. The highest BCUT2D eigenvalue weighted by Gasteiger charge is 2.55. The van der Waals surface area contributed by atoms with E-state index in [0.717, 1.165) is 17.5 Å². The van der Waals surface area contributed by atoms with Crippen LogP contribution in [0.2, 0.25) is 0 Å². The molecule has 2 aliphatic rings. The minimum atomic E-state index is -0.563. The molecule has 4 rings (SSSR count). The number of carbonyl (C=O) groups excluding carboxylic acids is 1. The SMILES string of the molecule is CC(C)(C)OC(=O)N1[C@@H]2Cc3ccc(N)cc3[C@@]1(C)c1ccccc12. The lowest BCUT2D eigenvalue weighted by atomic mass is 9.80. The summed E-state index contributed by atoms with van der Waals surface area (Å²) in [7, 11) is 0. The van der Waals surface area contributed by atoms with Crippen molar-refractivity contribution in [3.05, 3.63) is 64.7 Å². The maximum Gasteiger partial charge on any atom is 0.411 e. The monoisotopic (exact) mass is 336 g/mol. The van der Waals surface area contributed by atoms with Gasteiger partial charge in [-0.2, -0.15) is 0 Å². The van der Waals surface area contributed by atoms with E-state index in [9.17, 15) is 4.79 Å². The molecule has 0 aliphatic carbocycles. The average Bonchev–Trinajstić information content (AvgIpc) is 2.72. The van der Waals surface area contributed by atoms with Crippen LogP contribution in [-0.4, -0.2) is 16.6 Å². The number of anilines is 1. The molecular formula is C21H24N2O2. The van der Waals surface area contributed by atoms with Gasteiger partial charge in [0.25, 0.3) is 0 Å². The zero-order valence-corrected chi connectivity index (χ0v) is 15.2. The van der Waals surface area contributed by atoms with Gasteiger partial charge in [0.15, 0.2) is 0 Å². The van der Waals surface area contributed by atoms with Crippen LogP contribution in [0, 0.1) is 0 Å². The number of amides is 1. The Hall–Kier alpha value is -2.49. The summed E-state index contributed by atoms with van der Waals surface area (Å²) >= 11 is 0. The lowest BCUT2D eigenvalue weighted by molar-refractivity contribution is -0.00445. The molecule has 0 fully saturated rings. The van der Waals surface area contributed by atoms with Gasteiger partial charge in [0, 0.05) is 5.69 Å². The Morgan fingerprint density at radius 3 is 2.64 bits per heavy atom. The van der Waals surface area contributed by atoms with Gasteiger partial charge in [-0.15, -0.1) is 0 Å². The highest BCUT2D eigenvalue weighted by atomic mass is 16.6. The molecule has 0 unspecified atom stereocenters. The second-order valence-corrected chi connectivity index (χ2v) is 8.15. The van der Waals surface area contributed by atoms with Crippen LogP contribution >= 0.6 is 0 Å². The highest BCUT2D eigenvalue weighted by molar-refractivity contribution is 5.76. The first-order valence-electron chi connectivity index (χ1n) is 8.72. The van der Waals surface area contributed by atoms with Crippen LogP contribution in [0.4, 0.5) is 10.5 Å². The molecule has 2 atom stereocenters. The lowest BCUT2D eigenvalue weighted by Gasteiger charge is -2.44. The van der Waals surface area contributed by atoms with E-state index in [4.69, 9.17) is 10.5 Å². The Bertz CT molecular complexity index is 868. The number of benzene rings is 2. The largest absolute Gasteiger partial charge is 0.444 e. The number of hydrogen-bond acceptors (Lipinski definition) is 3. The molecule has 1 amide bonds. The first-order chi connectivity index (χ1) is 11.7. The van der Waals surface area contributed by atoms with Crippen LogP contribution in [0.1, 0.15) is 56.0 Å². The molecule has 4 nitrogen and oxygen atoms in total. The van der Waals surface area contributed by atoms with Crippen LogP contribution in [-0.2, 0) is 16.7 Å². The molecule has 4 heteroatoms. The van der Waals surface area contributed by atoms with E-state index in [-0.39, 0.29) is 12.1 Å². The third kappa shape index (κ3) is 2.24. The molecule has 2 aromatic rings. The molecule has 0 aromatic heterocycles. The molecule has 2 heterocycles. The Balaban J connectivity index is 1.92. The summed E-state index contributed by atoms with van der Waals surface area (Å²) in [5.41, 5.74) is 10.4. The fraction of sp³-hybridized carbons (Fsp3) is 0.381. The Labute approximate surface area is 148 Å². The average molecular weight is 336 g/mol. The number of fused-ring (bicyclic) bond motifs is 7. The van der Waals surface area contributed by atoms with Crippen molar-refractivity contribution in [1.29, 1.82) is 0 Å². The fourth-order valence-electron chi connectivity index (χ4n) is 4.34. The van der Waals surface area contributed by atoms with E-state index in [1.165, 1.54) is 11.1 Å². The van der Waals surface area contributed by atoms with Crippen LogP contribution in [0.25, 0.3) is 0 Å². The van der Waals surface area contributed by atoms with Gasteiger partial charge in [-0.05, 0) is 68.5 Å². The zero-order valence-electron chi connectivity index (χ0n) is 15.2. The zero-order chi connectivity index (χ0) is 18.0.